The van der Waals surface area contributed by atoms with Crippen molar-refractivity contribution in [1.29, 1.82) is 0 Å². The van der Waals surface area contributed by atoms with Gasteiger partial charge in [0.1, 0.15) is 16.7 Å². The van der Waals surface area contributed by atoms with E-state index in [1.54, 1.807) is 48.5 Å². The Bertz CT molecular complexity index is 1850. The van der Waals surface area contributed by atoms with Crippen molar-refractivity contribution in [2.45, 2.75) is 19.5 Å². The molecule has 1 N–H and O–H groups in total. The van der Waals surface area contributed by atoms with Crippen LogP contribution in [0.5, 0.6) is 0 Å². The number of halogens is 4. The van der Waals surface area contributed by atoms with Gasteiger partial charge in [0, 0.05) is 33.1 Å². The molecule has 0 aliphatic rings. The minimum atomic E-state index is -4.67. The fraction of sp³-hybridized carbons (Fsp3) is 0.103. The summed E-state index contributed by atoms with van der Waals surface area (Å²) in [6, 6.07) is 19.9. The van der Waals surface area contributed by atoms with Gasteiger partial charge < -0.3 is 14.2 Å². The number of fused-ring (bicyclic) bond motifs is 2. The molecule has 5 rings (SSSR count). The van der Waals surface area contributed by atoms with Crippen molar-refractivity contribution in [1.82, 2.24) is 0 Å². The maximum Gasteiger partial charge on any atom is 0.417 e. The highest BCUT2D eigenvalue weighted by molar-refractivity contribution is 9.10. The van der Waals surface area contributed by atoms with Crippen molar-refractivity contribution in [2.24, 2.45) is 0 Å². The van der Waals surface area contributed by atoms with Gasteiger partial charge in [0.2, 0.25) is 5.91 Å². The third-order valence-corrected chi connectivity index (χ3v) is 6.11. The Morgan fingerprint density at radius 2 is 1.60 bits per heavy atom. The summed E-state index contributed by atoms with van der Waals surface area (Å²) >= 11 is 3.31. The van der Waals surface area contributed by atoms with Gasteiger partial charge in [-0.2, -0.15) is 13.2 Å². The molecule has 0 fully saturated rings. The third kappa shape index (κ3) is 6.92. The highest BCUT2D eigenvalue weighted by Gasteiger charge is 2.33. The van der Waals surface area contributed by atoms with Gasteiger partial charge >= 0.3 is 17.4 Å². The van der Waals surface area contributed by atoms with E-state index in [2.05, 4.69) is 21.2 Å². The zero-order valence-electron chi connectivity index (χ0n) is 20.7. The molecule has 2 heterocycles. The normalized spacial score (nSPS) is 11.1. The molecular formula is C29H19BrF3NO6. The fourth-order valence-electron chi connectivity index (χ4n) is 3.80. The number of hydrogen-bond donors (Lipinski definition) is 1. The van der Waals surface area contributed by atoms with Crippen LogP contribution < -0.4 is 16.6 Å². The maximum absolute atomic E-state index is 13.0. The van der Waals surface area contributed by atoms with E-state index in [1.807, 2.05) is 6.07 Å². The van der Waals surface area contributed by atoms with Crippen molar-refractivity contribution < 1.29 is 31.6 Å². The zero-order chi connectivity index (χ0) is 29.0. The molecule has 0 saturated carbocycles. The van der Waals surface area contributed by atoms with E-state index in [4.69, 9.17) is 8.83 Å². The van der Waals surface area contributed by atoms with Gasteiger partial charge in [-0.3, -0.25) is 9.59 Å². The molecule has 0 atom stereocenters. The summed E-state index contributed by atoms with van der Waals surface area (Å²) in [6.07, 6.45) is -4.56. The molecule has 0 spiro atoms. The Labute approximate surface area is 232 Å². The second kappa shape index (κ2) is 11.7. The number of hydrogen-bond acceptors (Lipinski definition) is 6. The van der Waals surface area contributed by atoms with Crippen molar-refractivity contribution in [3.63, 3.8) is 0 Å². The Kier molecular flexibility index (Phi) is 8.34. The molecule has 7 nitrogen and oxygen atoms in total. The van der Waals surface area contributed by atoms with Crippen molar-refractivity contribution in [2.75, 3.05) is 5.32 Å². The summed E-state index contributed by atoms with van der Waals surface area (Å²) < 4.78 is 49.7. The number of alkyl halides is 3. The Balaban J connectivity index is 0.000000210. The lowest BCUT2D eigenvalue weighted by molar-refractivity contribution is -0.136. The number of carbonyl (C=O) groups excluding carboxylic acids is 2. The van der Waals surface area contributed by atoms with Gasteiger partial charge in [-0.1, -0.05) is 46.3 Å². The van der Waals surface area contributed by atoms with E-state index in [-0.39, 0.29) is 40.3 Å². The van der Waals surface area contributed by atoms with Crippen LogP contribution >= 0.6 is 15.9 Å². The molecule has 11 heteroatoms. The predicted octanol–water partition coefficient (Wildman–Crippen LogP) is 6.75. The molecule has 0 bridgehead atoms. The van der Waals surface area contributed by atoms with Crippen LogP contribution in [0.25, 0.3) is 21.9 Å². The lowest BCUT2D eigenvalue weighted by Crippen LogP contribution is -2.15. The summed E-state index contributed by atoms with van der Waals surface area (Å²) in [6.45, 7) is 1.34. The van der Waals surface area contributed by atoms with Crippen molar-refractivity contribution in [3.05, 3.63) is 121 Å². The highest BCUT2D eigenvalue weighted by atomic mass is 79.9. The van der Waals surface area contributed by atoms with E-state index in [1.165, 1.54) is 25.1 Å². The van der Waals surface area contributed by atoms with Crippen LogP contribution in [-0.2, 0) is 17.4 Å². The van der Waals surface area contributed by atoms with Gasteiger partial charge in [0.05, 0.1) is 12.0 Å². The minimum absolute atomic E-state index is 0.0839. The first-order valence-corrected chi connectivity index (χ1v) is 12.4. The molecule has 2 aromatic heterocycles. The quantitative estimate of drug-likeness (QED) is 0.177. The molecule has 0 radical (unpaired) electrons. The first kappa shape index (κ1) is 28.5. The third-order valence-electron chi connectivity index (χ3n) is 5.61. The monoisotopic (exact) mass is 613 g/mol. The van der Waals surface area contributed by atoms with Gasteiger partial charge in [0.25, 0.3) is 0 Å². The summed E-state index contributed by atoms with van der Waals surface area (Å²) in [5.41, 5.74) is -1.39. The summed E-state index contributed by atoms with van der Waals surface area (Å²) in [7, 11) is 0. The zero-order valence-corrected chi connectivity index (χ0v) is 22.3. The van der Waals surface area contributed by atoms with E-state index in [0.717, 1.165) is 15.4 Å². The molecule has 204 valence electrons. The van der Waals surface area contributed by atoms with Crippen LogP contribution in [0.1, 0.15) is 28.4 Å². The lowest BCUT2D eigenvalue weighted by atomic mass is 10.1. The van der Waals surface area contributed by atoms with Gasteiger partial charge in [-0.15, -0.1) is 0 Å². The lowest BCUT2D eigenvalue weighted by Gasteiger charge is -2.10. The molecule has 5 aromatic rings. The van der Waals surface area contributed by atoms with E-state index >= 15 is 0 Å². The van der Waals surface area contributed by atoms with Gasteiger partial charge in [-0.05, 0) is 48.9 Å². The molecule has 40 heavy (non-hydrogen) atoms. The summed E-state index contributed by atoms with van der Waals surface area (Å²) in [5.74, 6) is -0.620. The van der Waals surface area contributed by atoms with Crippen molar-refractivity contribution >= 4 is 55.2 Å². The largest absolute Gasteiger partial charge is 0.423 e. The molecule has 3 aromatic carbocycles. The molecule has 0 saturated heterocycles. The van der Waals surface area contributed by atoms with Crippen LogP contribution in [0.3, 0.4) is 0 Å². The smallest absolute Gasteiger partial charge is 0.417 e. The van der Waals surface area contributed by atoms with Crippen LogP contribution in [0, 0.1) is 0 Å². The number of rotatable bonds is 4. The number of nitrogens with one attached hydrogen (secondary N) is 1. The SMILES string of the molecule is CC(=O)c1cc2cc(Br)ccc2oc1=O.O=C(Cc1ccccc1)Nc1ccc2c(C(F)(F)F)cc(=O)oc2c1. The topological polar surface area (TPSA) is 107 Å². The molecule has 1 amide bonds. The molecular weight excluding hydrogens is 595 g/mol. The number of carbonyl (C=O) groups is 2. The Hall–Kier alpha value is -4.51. The van der Waals surface area contributed by atoms with Crippen LogP contribution in [0.2, 0.25) is 0 Å². The van der Waals surface area contributed by atoms with E-state index in [0.29, 0.717) is 11.6 Å². The second-order valence-electron chi connectivity index (χ2n) is 8.58. The van der Waals surface area contributed by atoms with E-state index < -0.39 is 23.0 Å². The first-order chi connectivity index (χ1) is 18.9. The fourth-order valence-corrected chi connectivity index (χ4v) is 4.18. The Morgan fingerprint density at radius 1 is 0.875 bits per heavy atom. The number of Topliss-reactive ketones (excluding diaryl/α,β-unsaturated/α-hetero) is 1. The van der Waals surface area contributed by atoms with Crippen LogP contribution in [0.15, 0.2) is 102 Å². The minimum Gasteiger partial charge on any atom is -0.423 e. The average Bonchev–Trinajstić information content (AvgIpc) is 2.88. The van der Waals surface area contributed by atoms with E-state index in [9.17, 15) is 32.3 Å². The standard InChI is InChI=1S/C18H12F3NO3.C11H7BrO3/c19-18(20,21)14-10-17(24)25-15-9-12(6-7-13(14)15)22-16(23)8-11-4-2-1-3-5-11;1-6(13)9-5-7-4-8(12)2-3-10(7)15-11(9)14/h1-7,9-10H,8H2,(H,22,23);2-5H,1H3. The molecule has 0 unspecified atom stereocenters. The van der Waals surface area contributed by atoms with Gasteiger partial charge in [0.15, 0.2) is 5.78 Å². The van der Waals surface area contributed by atoms with Gasteiger partial charge in [-0.25, -0.2) is 9.59 Å². The predicted molar refractivity (Wildman–Crippen MR) is 146 cm³/mol. The number of amides is 1. The maximum atomic E-state index is 13.0. The average molecular weight is 614 g/mol. The molecule has 0 aliphatic heterocycles. The second-order valence-corrected chi connectivity index (χ2v) is 9.50. The number of ketones is 1. The van der Waals surface area contributed by atoms with Crippen LogP contribution in [0.4, 0.5) is 18.9 Å². The first-order valence-electron chi connectivity index (χ1n) is 11.6. The number of benzene rings is 3. The Morgan fingerprint density at radius 3 is 2.27 bits per heavy atom. The summed E-state index contributed by atoms with van der Waals surface area (Å²) in [5, 5.41) is 3.07. The summed E-state index contributed by atoms with van der Waals surface area (Å²) in [4.78, 5) is 45.9. The number of anilines is 1. The van der Waals surface area contributed by atoms with Crippen LogP contribution in [-0.4, -0.2) is 11.7 Å². The molecule has 0 aliphatic carbocycles. The highest BCUT2D eigenvalue weighted by Crippen LogP contribution is 2.34. The van der Waals surface area contributed by atoms with Crippen molar-refractivity contribution in [3.8, 4) is 0 Å².